The largest absolute Gasteiger partial charge is 0.508 e. The van der Waals surface area contributed by atoms with Crippen molar-refractivity contribution in [2.75, 3.05) is 0 Å². The van der Waals surface area contributed by atoms with Gasteiger partial charge in [0.1, 0.15) is 17.3 Å². The molecule has 1 N–H and O–H groups in total. The standard InChI is InChI=1S/C19H22O4/c1-2-3-4-9-17(21)16(19-10-6-11-23-19)13-18(22)14-7-5-8-15(20)12-14/h5-8,10-12,16,20H,2-4,9,13H2,1H3. The lowest BCUT2D eigenvalue weighted by atomic mass is 9.90. The minimum absolute atomic E-state index is 0.0295. The number of hydrogen-bond acceptors (Lipinski definition) is 4. The average Bonchev–Trinajstić information content (AvgIpc) is 3.06. The van der Waals surface area contributed by atoms with Crippen molar-refractivity contribution in [2.45, 2.75) is 44.9 Å². The van der Waals surface area contributed by atoms with Crippen molar-refractivity contribution >= 4 is 11.6 Å². The Morgan fingerprint density at radius 1 is 1.17 bits per heavy atom. The van der Waals surface area contributed by atoms with Crippen molar-refractivity contribution in [3.8, 4) is 5.75 Å². The van der Waals surface area contributed by atoms with Crippen LogP contribution in [0.4, 0.5) is 0 Å². The molecule has 1 heterocycles. The highest BCUT2D eigenvalue weighted by Gasteiger charge is 2.26. The van der Waals surface area contributed by atoms with Gasteiger partial charge in [0, 0.05) is 18.4 Å². The van der Waals surface area contributed by atoms with E-state index in [0.717, 1.165) is 19.3 Å². The Morgan fingerprint density at radius 2 is 2.00 bits per heavy atom. The number of benzene rings is 1. The van der Waals surface area contributed by atoms with Gasteiger partial charge in [-0.25, -0.2) is 0 Å². The summed E-state index contributed by atoms with van der Waals surface area (Å²) in [6, 6.07) is 9.65. The molecule has 0 aliphatic rings. The molecule has 0 aliphatic heterocycles. The molecule has 23 heavy (non-hydrogen) atoms. The smallest absolute Gasteiger partial charge is 0.164 e. The van der Waals surface area contributed by atoms with Gasteiger partial charge < -0.3 is 9.52 Å². The summed E-state index contributed by atoms with van der Waals surface area (Å²) in [6.07, 6.45) is 4.89. The summed E-state index contributed by atoms with van der Waals surface area (Å²) < 4.78 is 5.36. The molecule has 1 aromatic heterocycles. The molecule has 0 amide bonds. The molecular weight excluding hydrogens is 292 g/mol. The normalized spacial score (nSPS) is 12.0. The van der Waals surface area contributed by atoms with Crippen LogP contribution in [0.2, 0.25) is 0 Å². The van der Waals surface area contributed by atoms with Gasteiger partial charge in [0.15, 0.2) is 5.78 Å². The zero-order chi connectivity index (χ0) is 16.7. The molecular formula is C19H22O4. The number of unbranched alkanes of at least 4 members (excludes halogenated alkanes) is 2. The van der Waals surface area contributed by atoms with Gasteiger partial charge in [-0.1, -0.05) is 31.9 Å². The van der Waals surface area contributed by atoms with Crippen LogP contribution in [0.25, 0.3) is 0 Å². The maximum absolute atomic E-state index is 12.5. The number of aromatic hydroxyl groups is 1. The van der Waals surface area contributed by atoms with Crippen molar-refractivity contribution < 1.29 is 19.1 Å². The van der Waals surface area contributed by atoms with E-state index in [2.05, 4.69) is 6.92 Å². The van der Waals surface area contributed by atoms with Crippen molar-refractivity contribution in [2.24, 2.45) is 0 Å². The number of phenolic OH excluding ortho intramolecular Hbond substituents is 1. The molecule has 122 valence electrons. The third-order valence-electron chi connectivity index (χ3n) is 3.86. The number of rotatable bonds is 9. The lowest BCUT2D eigenvalue weighted by Crippen LogP contribution is -2.16. The molecule has 0 saturated carbocycles. The maximum atomic E-state index is 12.5. The second-order valence-electron chi connectivity index (χ2n) is 5.67. The molecule has 0 fully saturated rings. The summed E-state index contributed by atoms with van der Waals surface area (Å²) in [7, 11) is 0. The third kappa shape index (κ3) is 4.81. The highest BCUT2D eigenvalue weighted by Crippen LogP contribution is 2.26. The van der Waals surface area contributed by atoms with Crippen LogP contribution in [0.15, 0.2) is 47.1 Å². The molecule has 4 heteroatoms. The number of carbonyl (C=O) groups excluding carboxylic acids is 2. The van der Waals surface area contributed by atoms with Crippen molar-refractivity contribution in [1.29, 1.82) is 0 Å². The third-order valence-corrected chi connectivity index (χ3v) is 3.86. The van der Waals surface area contributed by atoms with Crippen LogP contribution < -0.4 is 0 Å². The Bertz CT molecular complexity index is 643. The Morgan fingerprint density at radius 3 is 2.65 bits per heavy atom. The summed E-state index contributed by atoms with van der Waals surface area (Å²) in [5, 5.41) is 9.49. The average molecular weight is 314 g/mol. The summed E-state index contributed by atoms with van der Waals surface area (Å²) in [5.41, 5.74) is 0.405. The van der Waals surface area contributed by atoms with Crippen molar-refractivity contribution in [1.82, 2.24) is 0 Å². The molecule has 2 aromatic rings. The second kappa shape index (κ2) is 8.32. The van der Waals surface area contributed by atoms with E-state index in [4.69, 9.17) is 4.42 Å². The van der Waals surface area contributed by atoms with Gasteiger partial charge in [0.2, 0.25) is 0 Å². The molecule has 1 aromatic carbocycles. The van der Waals surface area contributed by atoms with E-state index in [1.165, 1.54) is 18.4 Å². The molecule has 0 bridgehead atoms. The van der Waals surface area contributed by atoms with Crippen LogP contribution in [-0.4, -0.2) is 16.7 Å². The fourth-order valence-corrected chi connectivity index (χ4v) is 2.57. The first-order chi connectivity index (χ1) is 11.1. The number of hydrogen-bond donors (Lipinski definition) is 1. The van der Waals surface area contributed by atoms with E-state index in [9.17, 15) is 14.7 Å². The number of Topliss-reactive ketones (excluding diaryl/α,β-unsaturated/α-hetero) is 2. The SMILES string of the molecule is CCCCCC(=O)C(CC(=O)c1cccc(O)c1)c1ccco1. The monoisotopic (exact) mass is 314 g/mol. The molecule has 0 radical (unpaired) electrons. The van der Waals surface area contributed by atoms with Gasteiger partial charge >= 0.3 is 0 Å². The van der Waals surface area contributed by atoms with E-state index in [1.54, 1.807) is 24.3 Å². The van der Waals surface area contributed by atoms with Gasteiger partial charge in [0.25, 0.3) is 0 Å². The van der Waals surface area contributed by atoms with E-state index in [0.29, 0.717) is 17.7 Å². The zero-order valence-electron chi connectivity index (χ0n) is 13.3. The predicted molar refractivity (Wildman–Crippen MR) is 87.7 cm³/mol. The Hall–Kier alpha value is -2.36. The summed E-state index contributed by atoms with van der Waals surface area (Å²) in [4.78, 5) is 24.9. The molecule has 1 atom stereocenters. The van der Waals surface area contributed by atoms with E-state index in [-0.39, 0.29) is 23.7 Å². The minimum Gasteiger partial charge on any atom is -0.508 e. The molecule has 1 unspecified atom stereocenters. The number of carbonyl (C=O) groups is 2. The highest BCUT2D eigenvalue weighted by molar-refractivity contribution is 6.00. The highest BCUT2D eigenvalue weighted by atomic mass is 16.3. The predicted octanol–water partition coefficient (Wildman–Crippen LogP) is 4.49. The Labute approximate surface area is 136 Å². The van der Waals surface area contributed by atoms with E-state index >= 15 is 0 Å². The molecule has 4 nitrogen and oxygen atoms in total. The van der Waals surface area contributed by atoms with Gasteiger partial charge in [-0.15, -0.1) is 0 Å². The minimum atomic E-state index is -0.559. The van der Waals surface area contributed by atoms with Crippen LogP contribution in [0.1, 0.15) is 61.1 Å². The van der Waals surface area contributed by atoms with Crippen molar-refractivity contribution in [3.63, 3.8) is 0 Å². The second-order valence-corrected chi connectivity index (χ2v) is 5.67. The maximum Gasteiger partial charge on any atom is 0.164 e. The number of phenols is 1. The molecule has 2 rings (SSSR count). The fraction of sp³-hybridized carbons (Fsp3) is 0.368. The summed E-state index contributed by atoms with van der Waals surface area (Å²) >= 11 is 0. The van der Waals surface area contributed by atoms with E-state index in [1.807, 2.05) is 0 Å². The molecule has 0 saturated heterocycles. The summed E-state index contributed by atoms with van der Waals surface area (Å²) in [6.45, 7) is 2.08. The van der Waals surface area contributed by atoms with Crippen LogP contribution >= 0.6 is 0 Å². The van der Waals surface area contributed by atoms with E-state index < -0.39 is 5.92 Å². The van der Waals surface area contributed by atoms with Crippen LogP contribution in [-0.2, 0) is 4.79 Å². The Kier molecular flexibility index (Phi) is 6.15. The quantitative estimate of drug-likeness (QED) is 0.547. The van der Waals surface area contributed by atoms with Gasteiger partial charge in [-0.3, -0.25) is 9.59 Å². The fourth-order valence-electron chi connectivity index (χ4n) is 2.57. The lowest BCUT2D eigenvalue weighted by Gasteiger charge is -2.13. The molecule has 0 spiro atoms. The Balaban J connectivity index is 2.11. The van der Waals surface area contributed by atoms with Gasteiger partial charge in [-0.05, 0) is 30.7 Å². The van der Waals surface area contributed by atoms with Crippen LogP contribution in [0.3, 0.4) is 0 Å². The lowest BCUT2D eigenvalue weighted by molar-refractivity contribution is -0.121. The van der Waals surface area contributed by atoms with Crippen LogP contribution in [0.5, 0.6) is 5.75 Å². The zero-order valence-corrected chi connectivity index (χ0v) is 13.3. The van der Waals surface area contributed by atoms with Crippen molar-refractivity contribution in [3.05, 3.63) is 54.0 Å². The van der Waals surface area contributed by atoms with Crippen LogP contribution in [0, 0.1) is 0 Å². The first-order valence-electron chi connectivity index (χ1n) is 8.00. The van der Waals surface area contributed by atoms with Gasteiger partial charge in [0.05, 0.1) is 12.2 Å². The molecule has 0 aliphatic carbocycles. The summed E-state index contributed by atoms with van der Waals surface area (Å²) in [5.74, 6) is -0.135. The number of ketones is 2. The van der Waals surface area contributed by atoms with Gasteiger partial charge in [-0.2, -0.15) is 0 Å². The topological polar surface area (TPSA) is 67.5 Å². The number of furan rings is 1. The first-order valence-corrected chi connectivity index (χ1v) is 8.00. The first kappa shape index (κ1) is 17.0.